The first-order valence-electron chi connectivity index (χ1n) is 11.1. The molecule has 2 aliphatic heterocycles. The van der Waals surface area contributed by atoms with Crippen molar-refractivity contribution in [2.45, 2.75) is 13.0 Å². The summed E-state index contributed by atoms with van der Waals surface area (Å²) in [4.78, 5) is 41.9. The van der Waals surface area contributed by atoms with Crippen molar-refractivity contribution in [2.75, 3.05) is 43.0 Å². The van der Waals surface area contributed by atoms with Crippen molar-refractivity contribution in [3.8, 4) is 11.4 Å². The number of nitrogens with zero attached hydrogens (tertiary/aromatic N) is 5. The number of fused-ring (bicyclic) bond motifs is 2. The molecule has 1 aromatic heterocycles. The fourth-order valence-corrected chi connectivity index (χ4v) is 4.40. The van der Waals surface area contributed by atoms with Crippen LogP contribution in [-0.4, -0.2) is 66.0 Å². The number of piperazine rings is 1. The number of nitrogens with one attached hydrogen (secondary N) is 1. The number of para-hydroxylation sites is 2. The Bertz CT molecular complexity index is 1190. The number of hydrogen-bond acceptors (Lipinski definition) is 6. The van der Waals surface area contributed by atoms with Gasteiger partial charge in [0.2, 0.25) is 5.91 Å². The SMILES string of the molecule is CC(C(=O)N1c2ccccc2N(C)C(=O)c2cnc(-c3ccccc3)nc21)N1CCNCC1. The van der Waals surface area contributed by atoms with Gasteiger partial charge in [-0.3, -0.25) is 19.4 Å². The van der Waals surface area contributed by atoms with Crippen LogP contribution in [0.2, 0.25) is 0 Å². The predicted molar refractivity (Wildman–Crippen MR) is 128 cm³/mol. The van der Waals surface area contributed by atoms with Crippen molar-refractivity contribution in [3.05, 3.63) is 66.4 Å². The summed E-state index contributed by atoms with van der Waals surface area (Å²) in [7, 11) is 1.71. The lowest BCUT2D eigenvalue weighted by Crippen LogP contribution is -2.53. The predicted octanol–water partition coefficient (Wildman–Crippen LogP) is 2.69. The van der Waals surface area contributed by atoms with Crippen molar-refractivity contribution < 1.29 is 9.59 Å². The minimum atomic E-state index is -0.373. The fraction of sp³-hybridized carbons (Fsp3) is 0.280. The fourth-order valence-electron chi connectivity index (χ4n) is 4.40. The normalized spacial score (nSPS) is 17.2. The van der Waals surface area contributed by atoms with E-state index < -0.39 is 0 Å². The van der Waals surface area contributed by atoms with E-state index in [-0.39, 0.29) is 17.9 Å². The van der Waals surface area contributed by atoms with Gasteiger partial charge in [0, 0.05) is 45.0 Å². The minimum absolute atomic E-state index is 0.119. The van der Waals surface area contributed by atoms with E-state index in [1.54, 1.807) is 16.8 Å². The van der Waals surface area contributed by atoms with Crippen molar-refractivity contribution in [1.29, 1.82) is 0 Å². The summed E-state index contributed by atoms with van der Waals surface area (Å²) in [5.74, 6) is 0.419. The Morgan fingerprint density at radius 1 is 1.00 bits per heavy atom. The summed E-state index contributed by atoms with van der Waals surface area (Å²) >= 11 is 0. The molecule has 33 heavy (non-hydrogen) atoms. The molecule has 2 amide bonds. The number of benzene rings is 2. The summed E-state index contributed by atoms with van der Waals surface area (Å²) in [6.45, 7) is 5.17. The topological polar surface area (TPSA) is 81.7 Å². The summed E-state index contributed by atoms with van der Waals surface area (Å²) in [6, 6.07) is 16.6. The Balaban J connectivity index is 1.68. The number of hydrogen-bond donors (Lipinski definition) is 1. The molecule has 3 aromatic rings. The van der Waals surface area contributed by atoms with E-state index in [4.69, 9.17) is 4.98 Å². The monoisotopic (exact) mass is 442 g/mol. The van der Waals surface area contributed by atoms with Gasteiger partial charge in [-0.1, -0.05) is 42.5 Å². The molecule has 0 radical (unpaired) electrons. The summed E-state index contributed by atoms with van der Waals surface area (Å²) in [6.07, 6.45) is 1.53. The highest BCUT2D eigenvalue weighted by Gasteiger charge is 2.37. The molecular weight excluding hydrogens is 416 g/mol. The maximum absolute atomic E-state index is 14.0. The Morgan fingerprint density at radius 2 is 1.67 bits per heavy atom. The van der Waals surface area contributed by atoms with Gasteiger partial charge >= 0.3 is 0 Å². The van der Waals surface area contributed by atoms with Crippen LogP contribution in [0, 0.1) is 0 Å². The molecule has 5 rings (SSSR count). The average Bonchev–Trinajstić information content (AvgIpc) is 2.97. The second-order valence-corrected chi connectivity index (χ2v) is 8.29. The van der Waals surface area contributed by atoms with E-state index in [1.807, 2.05) is 61.5 Å². The first kappa shape index (κ1) is 21.2. The number of carbonyl (C=O) groups excluding carboxylic acids is 2. The van der Waals surface area contributed by atoms with Gasteiger partial charge in [-0.2, -0.15) is 0 Å². The molecule has 8 nitrogen and oxygen atoms in total. The van der Waals surface area contributed by atoms with E-state index >= 15 is 0 Å². The molecule has 0 spiro atoms. The van der Waals surface area contributed by atoms with Crippen LogP contribution in [0.3, 0.4) is 0 Å². The molecular formula is C25H26N6O2. The smallest absolute Gasteiger partial charge is 0.263 e. The zero-order valence-electron chi connectivity index (χ0n) is 18.7. The first-order valence-corrected chi connectivity index (χ1v) is 11.1. The van der Waals surface area contributed by atoms with Gasteiger partial charge in [-0.05, 0) is 19.1 Å². The van der Waals surface area contributed by atoms with E-state index in [1.165, 1.54) is 6.20 Å². The second-order valence-electron chi connectivity index (χ2n) is 8.29. The molecule has 1 atom stereocenters. The number of aromatic nitrogens is 2. The highest BCUT2D eigenvalue weighted by molar-refractivity contribution is 6.18. The number of rotatable bonds is 3. The van der Waals surface area contributed by atoms with Gasteiger partial charge in [0.05, 0.1) is 17.4 Å². The van der Waals surface area contributed by atoms with Crippen molar-refractivity contribution in [3.63, 3.8) is 0 Å². The Labute approximate surface area is 192 Å². The highest BCUT2D eigenvalue weighted by Crippen LogP contribution is 2.40. The van der Waals surface area contributed by atoms with Gasteiger partial charge in [0.25, 0.3) is 5.91 Å². The van der Waals surface area contributed by atoms with Crippen LogP contribution in [0.5, 0.6) is 0 Å². The standard InChI is InChI=1S/C25H26N6O2/c1-17(30-14-12-26-13-15-30)24(32)31-21-11-7-6-10-20(21)29(2)25(33)19-16-27-22(28-23(19)31)18-8-4-3-5-9-18/h3-11,16-17,26H,12-15H2,1-2H3. The number of anilines is 3. The molecule has 0 aliphatic carbocycles. The van der Waals surface area contributed by atoms with E-state index in [2.05, 4.69) is 15.2 Å². The molecule has 8 heteroatoms. The van der Waals surface area contributed by atoms with Gasteiger partial charge < -0.3 is 10.2 Å². The molecule has 0 bridgehead atoms. The van der Waals surface area contributed by atoms with Crippen LogP contribution in [0.4, 0.5) is 17.2 Å². The molecule has 1 saturated heterocycles. The van der Waals surface area contributed by atoms with Gasteiger partial charge in [0.15, 0.2) is 11.6 Å². The third kappa shape index (κ3) is 3.77. The Morgan fingerprint density at radius 3 is 2.39 bits per heavy atom. The van der Waals surface area contributed by atoms with Crippen molar-refractivity contribution >= 4 is 29.0 Å². The molecule has 0 saturated carbocycles. The minimum Gasteiger partial charge on any atom is -0.314 e. The lowest BCUT2D eigenvalue weighted by molar-refractivity contribution is -0.122. The van der Waals surface area contributed by atoms with E-state index in [9.17, 15) is 9.59 Å². The van der Waals surface area contributed by atoms with Gasteiger partial charge in [-0.25, -0.2) is 9.97 Å². The Kier molecular flexibility index (Phi) is 5.62. The zero-order chi connectivity index (χ0) is 22.9. The summed E-state index contributed by atoms with van der Waals surface area (Å²) < 4.78 is 0. The molecule has 1 fully saturated rings. The second kappa shape index (κ2) is 8.73. The van der Waals surface area contributed by atoms with Crippen LogP contribution in [-0.2, 0) is 4.79 Å². The van der Waals surface area contributed by atoms with Crippen LogP contribution in [0.15, 0.2) is 60.8 Å². The molecule has 2 aliphatic rings. The van der Waals surface area contributed by atoms with Crippen LogP contribution in [0.1, 0.15) is 17.3 Å². The van der Waals surface area contributed by atoms with Crippen molar-refractivity contribution in [2.24, 2.45) is 0 Å². The Hall–Kier alpha value is -3.62. The molecule has 3 heterocycles. The first-order chi connectivity index (χ1) is 16.1. The zero-order valence-corrected chi connectivity index (χ0v) is 18.7. The van der Waals surface area contributed by atoms with Crippen LogP contribution < -0.4 is 15.1 Å². The largest absolute Gasteiger partial charge is 0.314 e. The highest BCUT2D eigenvalue weighted by atomic mass is 16.2. The van der Waals surface area contributed by atoms with Crippen LogP contribution >= 0.6 is 0 Å². The van der Waals surface area contributed by atoms with Crippen molar-refractivity contribution in [1.82, 2.24) is 20.2 Å². The third-order valence-electron chi connectivity index (χ3n) is 6.31. The maximum atomic E-state index is 14.0. The van der Waals surface area contributed by atoms with Gasteiger partial charge in [-0.15, -0.1) is 0 Å². The lowest BCUT2D eigenvalue weighted by atomic mass is 10.1. The number of carbonyl (C=O) groups is 2. The molecule has 168 valence electrons. The quantitative estimate of drug-likeness (QED) is 0.672. The van der Waals surface area contributed by atoms with Gasteiger partial charge in [0.1, 0.15) is 5.56 Å². The summed E-state index contributed by atoms with van der Waals surface area (Å²) in [5.41, 5.74) is 2.41. The van der Waals surface area contributed by atoms with Crippen LogP contribution in [0.25, 0.3) is 11.4 Å². The maximum Gasteiger partial charge on any atom is 0.263 e. The lowest BCUT2D eigenvalue weighted by Gasteiger charge is -2.35. The molecule has 2 aromatic carbocycles. The number of amides is 2. The molecule has 1 unspecified atom stereocenters. The molecule has 1 N–H and O–H groups in total. The van der Waals surface area contributed by atoms with E-state index in [0.717, 1.165) is 31.7 Å². The summed E-state index contributed by atoms with van der Waals surface area (Å²) in [5, 5.41) is 3.33. The van der Waals surface area contributed by atoms with E-state index in [0.29, 0.717) is 28.6 Å². The third-order valence-corrected chi connectivity index (χ3v) is 6.31. The average molecular weight is 443 g/mol.